The SMILES string of the molecule is CCCn1c(=O)c(N2CCN(c3ccc(Cl)cc3)CC2)nc2sc3ccccc3c21. The lowest BCUT2D eigenvalue weighted by molar-refractivity contribution is 0.630. The first kappa shape index (κ1) is 19.4. The molecular weight excluding hydrogens is 416 g/mol. The van der Waals surface area contributed by atoms with Gasteiger partial charge in [0.1, 0.15) is 4.83 Å². The third kappa shape index (κ3) is 3.34. The molecule has 0 unspecified atom stereocenters. The standard InChI is InChI=1S/C23H23ClN4OS/c1-2-11-28-20-18-5-3-4-6-19(18)30-22(20)25-21(23(28)29)27-14-12-26(13-15-27)17-9-7-16(24)8-10-17/h3-10H,2,11-15H2,1H3. The largest absolute Gasteiger partial charge is 0.368 e. The van der Waals surface area contributed by atoms with E-state index >= 15 is 0 Å². The zero-order valence-corrected chi connectivity index (χ0v) is 18.4. The van der Waals surface area contributed by atoms with Gasteiger partial charge in [-0.3, -0.25) is 4.79 Å². The van der Waals surface area contributed by atoms with Gasteiger partial charge in [-0.25, -0.2) is 4.98 Å². The molecule has 2 aromatic heterocycles. The summed E-state index contributed by atoms with van der Waals surface area (Å²) in [6.45, 7) is 6.05. The van der Waals surface area contributed by atoms with Crippen molar-refractivity contribution in [3.63, 3.8) is 0 Å². The minimum Gasteiger partial charge on any atom is -0.368 e. The molecule has 30 heavy (non-hydrogen) atoms. The van der Waals surface area contributed by atoms with E-state index in [1.54, 1.807) is 11.3 Å². The van der Waals surface area contributed by atoms with Gasteiger partial charge in [0.25, 0.3) is 5.56 Å². The van der Waals surface area contributed by atoms with Gasteiger partial charge in [0.05, 0.1) is 5.52 Å². The number of benzene rings is 2. The molecule has 0 amide bonds. The fraction of sp³-hybridized carbons (Fsp3) is 0.304. The number of piperazine rings is 1. The summed E-state index contributed by atoms with van der Waals surface area (Å²) in [5.74, 6) is 0.582. The fourth-order valence-corrected chi connectivity index (χ4v) is 5.40. The van der Waals surface area contributed by atoms with Crippen molar-refractivity contribution in [1.82, 2.24) is 9.55 Å². The number of thiophene rings is 1. The fourth-order valence-electron chi connectivity index (χ4n) is 4.19. The van der Waals surface area contributed by atoms with Gasteiger partial charge in [-0.2, -0.15) is 0 Å². The first-order valence-electron chi connectivity index (χ1n) is 10.3. The Balaban J connectivity index is 1.50. The maximum Gasteiger partial charge on any atom is 0.294 e. The Kier molecular flexibility index (Phi) is 5.13. The van der Waals surface area contributed by atoms with Crippen LogP contribution in [0.25, 0.3) is 20.4 Å². The number of aromatic nitrogens is 2. The van der Waals surface area contributed by atoms with E-state index in [9.17, 15) is 4.79 Å². The number of anilines is 2. The molecule has 1 saturated heterocycles. The third-order valence-electron chi connectivity index (χ3n) is 5.68. The van der Waals surface area contributed by atoms with Crippen molar-refractivity contribution >= 4 is 54.9 Å². The van der Waals surface area contributed by atoms with Gasteiger partial charge < -0.3 is 14.4 Å². The molecule has 0 N–H and O–H groups in total. The molecule has 0 saturated carbocycles. The molecule has 1 aliphatic heterocycles. The molecule has 0 radical (unpaired) electrons. The van der Waals surface area contributed by atoms with E-state index in [4.69, 9.17) is 16.6 Å². The van der Waals surface area contributed by atoms with Gasteiger partial charge in [0, 0.05) is 53.5 Å². The smallest absolute Gasteiger partial charge is 0.294 e. The lowest BCUT2D eigenvalue weighted by atomic mass is 10.2. The van der Waals surface area contributed by atoms with Crippen LogP contribution in [0.5, 0.6) is 0 Å². The lowest BCUT2D eigenvalue weighted by Crippen LogP contribution is -2.48. The van der Waals surface area contributed by atoms with E-state index in [0.717, 1.165) is 59.0 Å². The number of aryl methyl sites for hydroxylation is 1. The van der Waals surface area contributed by atoms with Crippen molar-refractivity contribution in [1.29, 1.82) is 0 Å². The van der Waals surface area contributed by atoms with Crippen LogP contribution < -0.4 is 15.4 Å². The van der Waals surface area contributed by atoms with Crippen molar-refractivity contribution in [2.24, 2.45) is 0 Å². The minimum atomic E-state index is 0.0212. The van der Waals surface area contributed by atoms with E-state index in [-0.39, 0.29) is 5.56 Å². The molecule has 154 valence electrons. The number of hydrogen-bond donors (Lipinski definition) is 0. The topological polar surface area (TPSA) is 41.4 Å². The first-order chi connectivity index (χ1) is 14.7. The van der Waals surface area contributed by atoms with Crippen LogP contribution in [0.1, 0.15) is 13.3 Å². The van der Waals surface area contributed by atoms with Gasteiger partial charge in [-0.1, -0.05) is 36.7 Å². The number of rotatable bonds is 4. The van der Waals surface area contributed by atoms with Crippen LogP contribution in [-0.4, -0.2) is 35.7 Å². The van der Waals surface area contributed by atoms with E-state index in [1.807, 2.05) is 41.0 Å². The van der Waals surface area contributed by atoms with Crippen molar-refractivity contribution in [3.05, 3.63) is 63.9 Å². The highest BCUT2D eigenvalue weighted by molar-refractivity contribution is 7.25. The van der Waals surface area contributed by atoms with E-state index < -0.39 is 0 Å². The number of hydrogen-bond acceptors (Lipinski definition) is 5. The van der Waals surface area contributed by atoms with Crippen LogP contribution >= 0.6 is 22.9 Å². The normalized spacial score (nSPS) is 14.7. The second-order valence-electron chi connectivity index (χ2n) is 7.59. The summed E-state index contributed by atoms with van der Waals surface area (Å²) in [4.78, 5) is 23.7. The summed E-state index contributed by atoms with van der Waals surface area (Å²) < 4.78 is 3.11. The van der Waals surface area contributed by atoms with Gasteiger partial charge in [-0.05, 0) is 36.8 Å². The van der Waals surface area contributed by atoms with Gasteiger partial charge in [0.2, 0.25) is 0 Å². The molecule has 4 aromatic rings. The Morgan fingerprint density at radius 3 is 2.43 bits per heavy atom. The minimum absolute atomic E-state index is 0.0212. The highest BCUT2D eigenvalue weighted by atomic mass is 35.5. The van der Waals surface area contributed by atoms with Crippen LogP contribution in [0, 0.1) is 0 Å². The van der Waals surface area contributed by atoms with Gasteiger partial charge in [-0.15, -0.1) is 11.3 Å². The highest BCUT2D eigenvalue weighted by Crippen LogP contribution is 2.33. The van der Waals surface area contributed by atoms with Crippen molar-refractivity contribution < 1.29 is 0 Å². The number of fused-ring (bicyclic) bond motifs is 3. The third-order valence-corrected chi connectivity index (χ3v) is 6.99. The molecule has 0 spiro atoms. The van der Waals surface area contributed by atoms with Gasteiger partial charge >= 0.3 is 0 Å². The first-order valence-corrected chi connectivity index (χ1v) is 11.5. The average Bonchev–Trinajstić information content (AvgIpc) is 3.15. The van der Waals surface area contributed by atoms with Crippen molar-refractivity contribution in [2.45, 2.75) is 19.9 Å². The quantitative estimate of drug-likeness (QED) is 0.449. The molecule has 3 heterocycles. The summed E-state index contributed by atoms with van der Waals surface area (Å²) in [6.07, 6.45) is 0.910. The maximum atomic E-state index is 13.4. The maximum absolute atomic E-state index is 13.4. The molecular formula is C23H23ClN4OS. The predicted octanol–water partition coefficient (Wildman–Crippen LogP) is 5.00. The summed E-state index contributed by atoms with van der Waals surface area (Å²) in [5.41, 5.74) is 2.16. The molecule has 5 rings (SSSR count). The second-order valence-corrected chi connectivity index (χ2v) is 9.06. The molecule has 2 aromatic carbocycles. The average molecular weight is 439 g/mol. The summed E-state index contributed by atoms with van der Waals surface area (Å²) >= 11 is 7.68. The molecule has 0 aliphatic carbocycles. The van der Waals surface area contributed by atoms with Crippen LogP contribution in [0.2, 0.25) is 5.02 Å². The van der Waals surface area contributed by atoms with Crippen LogP contribution in [0.4, 0.5) is 11.5 Å². The predicted molar refractivity (Wildman–Crippen MR) is 128 cm³/mol. The van der Waals surface area contributed by atoms with Crippen molar-refractivity contribution in [3.8, 4) is 0 Å². The Labute approximate surface area is 184 Å². The second kappa shape index (κ2) is 7.93. The van der Waals surface area contributed by atoms with E-state index in [0.29, 0.717) is 12.4 Å². The van der Waals surface area contributed by atoms with Crippen molar-refractivity contribution in [2.75, 3.05) is 36.0 Å². The summed E-state index contributed by atoms with van der Waals surface area (Å²) in [7, 11) is 0. The van der Waals surface area contributed by atoms with E-state index in [2.05, 4.69) is 28.9 Å². The Morgan fingerprint density at radius 1 is 1.00 bits per heavy atom. The van der Waals surface area contributed by atoms with Crippen LogP contribution in [0.3, 0.4) is 0 Å². The van der Waals surface area contributed by atoms with E-state index in [1.165, 1.54) is 4.70 Å². The lowest BCUT2D eigenvalue weighted by Gasteiger charge is -2.36. The van der Waals surface area contributed by atoms with Gasteiger partial charge in [0.15, 0.2) is 5.82 Å². The monoisotopic (exact) mass is 438 g/mol. The molecule has 0 bridgehead atoms. The summed E-state index contributed by atoms with van der Waals surface area (Å²) in [5, 5.41) is 1.87. The number of nitrogens with zero attached hydrogens (tertiary/aromatic N) is 4. The molecule has 1 aliphatic rings. The Morgan fingerprint density at radius 2 is 1.70 bits per heavy atom. The van der Waals surface area contributed by atoms with Crippen LogP contribution in [0.15, 0.2) is 53.3 Å². The molecule has 1 fully saturated rings. The Hall–Kier alpha value is -2.57. The summed E-state index contributed by atoms with van der Waals surface area (Å²) in [6, 6.07) is 16.2. The zero-order valence-electron chi connectivity index (χ0n) is 16.8. The molecule has 5 nitrogen and oxygen atoms in total. The zero-order chi connectivity index (χ0) is 20.7. The highest BCUT2D eigenvalue weighted by Gasteiger charge is 2.23. The molecule has 7 heteroatoms. The Bertz CT molecular complexity index is 1260. The van der Waals surface area contributed by atoms with Crippen LogP contribution in [-0.2, 0) is 6.54 Å². The molecule has 0 atom stereocenters. The number of halogens is 1.